The van der Waals surface area contributed by atoms with Gasteiger partial charge in [0.25, 0.3) is 0 Å². The quantitative estimate of drug-likeness (QED) is 0.637. The van der Waals surface area contributed by atoms with Gasteiger partial charge in [0.05, 0.1) is 6.04 Å². The van der Waals surface area contributed by atoms with E-state index in [-0.39, 0.29) is 18.2 Å². The van der Waals surface area contributed by atoms with Gasteiger partial charge in [0, 0.05) is 6.54 Å². The van der Waals surface area contributed by atoms with Crippen LogP contribution in [0.3, 0.4) is 0 Å². The minimum Gasteiger partial charge on any atom is -0.508 e. The maximum absolute atomic E-state index is 13.0. The Morgan fingerprint density at radius 3 is 2.28 bits per heavy atom. The topological polar surface area (TPSA) is 110 Å². The van der Waals surface area contributed by atoms with E-state index in [4.69, 9.17) is 11.5 Å². The van der Waals surface area contributed by atoms with Crippen molar-refractivity contribution < 1.29 is 14.7 Å². The number of carbonyl (C=O) groups is 2. The number of amides is 2. The number of nitrogens with two attached hydrogens (primary N) is 2. The number of hydrogen-bond donors (Lipinski definition) is 3. The third kappa shape index (κ3) is 5.93. The zero-order chi connectivity index (χ0) is 21.6. The Morgan fingerprint density at radius 1 is 1.14 bits per heavy atom. The smallest absolute Gasteiger partial charge is 0.240 e. The first-order chi connectivity index (χ1) is 13.7. The summed E-state index contributed by atoms with van der Waals surface area (Å²) in [5.41, 5.74) is 15.3. The van der Waals surface area contributed by atoms with E-state index in [1.165, 1.54) is 4.90 Å². The predicted molar refractivity (Wildman–Crippen MR) is 115 cm³/mol. The van der Waals surface area contributed by atoms with E-state index in [9.17, 15) is 14.7 Å². The number of aryl methyl sites for hydroxylation is 2. The van der Waals surface area contributed by atoms with Crippen molar-refractivity contribution in [2.75, 3.05) is 6.54 Å². The normalized spacial score (nSPS) is 13.2. The summed E-state index contributed by atoms with van der Waals surface area (Å²) in [4.78, 5) is 26.2. The molecule has 0 bridgehead atoms. The van der Waals surface area contributed by atoms with Crippen LogP contribution in [-0.2, 0) is 16.0 Å². The number of carbonyl (C=O) groups excluding carboxylic acids is 2. The van der Waals surface area contributed by atoms with Crippen molar-refractivity contribution in [2.45, 2.75) is 39.3 Å². The van der Waals surface area contributed by atoms with Crippen LogP contribution in [-0.4, -0.2) is 40.4 Å². The third-order valence-corrected chi connectivity index (χ3v) is 5.00. The monoisotopic (exact) mass is 395 g/mol. The van der Waals surface area contributed by atoms with Gasteiger partial charge in [-0.25, -0.2) is 0 Å². The lowest BCUT2D eigenvalue weighted by Gasteiger charge is -2.29. The molecule has 2 aromatic carbocycles. The van der Waals surface area contributed by atoms with E-state index < -0.39 is 18.0 Å². The second-order valence-electron chi connectivity index (χ2n) is 7.25. The minimum atomic E-state index is -0.830. The molecule has 6 heteroatoms. The van der Waals surface area contributed by atoms with Crippen molar-refractivity contribution in [1.82, 2.24) is 4.90 Å². The fraction of sp³-hybridized carbons (Fsp3) is 0.304. The average Bonchev–Trinajstić information content (AvgIpc) is 2.67. The Morgan fingerprint density at radius 2 is 1.72 bits per heavy atom. The largest absolute Gasteiger partial charge is 0.508 e. The third-order valence-electron chi connectivity index (χ3n) is 5.00. The van der Waals surface area contributed by atoms with Crippen molar-refractivity contribution >= 4 is 17.9 Å². The number of benzene rings is 2. The van der Waals surface area contributed by atoms with E-state index in [1.807, 2.05) is 56.3 Å². The molecule has 0 radical (unpaired) electrons. The predicted octanol–water partition coefficient (Wildman–Crippen LogP) is 2.29. The molecule has 2 aromatic rings. The zero-order valence-electron chi connectivity index (χ0n) is 17.1. The first-order valence-corrected chi connectivity index (χ1v) is 9.56. The molecule has 0 spiro atoms. The van der Waals surface area contributed by atoms with Crippen molar-refractivity contribution in [3.05, 3.63) is 70.8 Å². The summed E-state index contributed by atoms with van der Waals surface area (Å²) in [6.45, 7) is 5.55. The molecule has 0 aromatic heterocycles. The number of aromatic hydroxyl groups is 1. The molecule has 2 atom stereocenters. The van der Waals surface area contributed by atoms with Gasteiger partial charge in [0.1, 0.15) is 11.8 Å². The molecule has 5 N–H and O–H groups in total. The standard InChI is InChI=1S/C23H29N3O3/c1-15-12-19(27)13-16(2)20(15)14-21(24)23(29)26(17(3)22(25)28)11-7-10-18-8-5-4-6-9-18/h4-10,12-13,17,21,27H,11,14,24H2,1-3H3,(H2,25,28)/t17-,21+/m1/s1. The summed E-state index contributed by atoms with van der Waals surface area (Å²) in [5.74, 6) is -0.754. The highest BCUT2D eigenvalue weighted by molar-refractivity contribution is 5.89. The Bertz CT molecular complexity index is 870. The van der Waals surface area contributed by atoms with Crippen LogP contribution >= 0.6 is 0 Å². The van der Waals surface area contributed by atoms with Crippen LogP contribution in [0.15, 0.2) is 48.5 Å². The molecule has 0 aliphatic rings. The molecular formula is C23H29N3O3. The molecule has 2 amide bonds. The number of phenolic OH excluding ortho intramolecular Hbond substituents is 1. The Balaban J connectivity index is 2.18. The number of phenols is 1. The van der Waals surface area contributed by atoms with E-state index >= 15 is 0 Å². The van der Waals surface area contributed by atoms with Gasteiger partial charge in [-0.15, -0.1) is 0 Å². The van der Waals surface area contributed by atoms with Crippen molar-refractivity contribution in [3.63, 3.8) is 0 Å². The van der Waals surface area contributed by atoms with Gasteiger partial charge in [-0.05, 0) is 61.6 Å². The van der Waals surface area contributed by atoms with Crippen LogP contribution in [0.4, 0.5) is 0 Å². The molecular weight excluding hydrogens is 366 g/mol. The van der Waals surface area contributed by atoms with Gasteiger partial charge in [-0.2, -0.15) is 0 Å². The summed E-state index contributed by atoms with van der Waals surface area (Å²) in [7, 11) is 0. The minimum absolute atomic E-state index is 0.179. The van der Waals surface area contributed by atoms with Crippen LogP contribution in [0.25, 0.3) is 6.08 Å². The van der Waals surface area contributed by atoms with Crippen molar-refractivity contribution in [2.24, 2.45) is 11.5 Å². The molecule has 0 aliphatic carbocycles. The molecule has 2 rings (SSSR count). The highest BCUT2D eigenvalue weighted by Crippen LogP contribution is 2.22. The highest BCUT2D eigenvalue weighted by atomic mass is 16.3. The first kappa shape index (κ1) is 22.2. The second kappa shape index (κ2) is 9.89. The van der Waals surface area contributed by atoms with E-state index in [1.54, 1.807) is 19.1 Å². The molecule has 0 fully saturated rings. The molecule has 0 heterocycles. The van der Waals surface area contributed by atoms with Gasteiger partial charge < -0.3 is 21.5 Å². The van der Waals surface area contributed by atoms with Crippen molar-refractivity contribution in [3.8, 4) is 5.75 Å². The van der Waals surface area contributed by atoms with Gasteiger partial charge in [-0.1, -0.05) is 42.5 Å². The van der Waals surface area contributed by atoms with Gasteiger partial charge in [0.15, 0.2) is 0 Å². The summed E-state index contributed by atoms with van der Waals surface area (Å²) in [6.07, 6.45) is 4.01. The molecule has 0 saturated heterocycles. The number of hydrogen-bond acceptors (Lipinski definition) is 4. The summed E-state index contributed by atoms with van der Waals surface area (Å²) >= 11 is 0. The molecule has 0 unspecified atom stereocenters. The van der Waals surface area contributed by atoms with Crippen molar-refractivity contribution in [1.29, 1.82) is 0 Å². The zero-order valence-corrected chi connectivity index (χ0v) is 17.1. The lowest BCUT2D eigenvalue weighted by molar-refractivity contribution is -0.139. The Hall–Kier alpha value is -3.12. The first-order valence-electron chi connectivity index (χ1n) is 9.56. The van der Waals surface area contributed by atoms with Gasteiger partial charge >= 0.3 is 0 Å². The van der Waals surface area contributed by atoms with E-state index in [0.29, 0.717) is 6.42 Å². The number of rotatable bonds is 8. The molecule has 29 heavy (non-hydrogen) atoms. The number of primary amides is 1. The molecule has 0 saturated carbocycles. The maximum atomic E-state index is 13.0. The molecule has 154 valence electrons. The summed E-state index contributed by atoms with van der Waals surface area (Å²) in [5, 5.41) is 9.71. The SMILES string of the molecule is Cc1cc(O)cc(C)c1C[C@H](N)C(=O)N(CC=Cc1ccccc1)[C@H](C)C(N)=O. The lowest BCUT2D eigenvalue weighted by atomic mass is 9.95. The average molecular weight is 396 g/mol. The fourth-order valence-electron chi connectivity index (χ4n) is 3.27. The Labute approximate surface area is 171 Å². The summed E-state index contributed by atoms with van der Waals surface area (Å²) < 4.78 is 0. The van der Waals surface area contributed by atoms with Gasteiger partial charge in [0.2, 0.25) is 11.8 Å². The van der Waals surface area contributed by atoms with Crippen LogP contribution in [0.2, 0.25) is 0 Å². The van der Waals surface area contributed by atoms with Gasteiger partial charge in [-0.3, -0.25) is 9.59 Å². The lowest BCUT2D eigenvalue weighted by Crippen LogP contribution is -2.52. The molecule has 6 nitrogen and oxygen atoms in total. The summed E-state index contributed by atoms with van der Waals surface area (Å²) in [6, 6.07) is 11.3. The van der Waals surface area contributed by atoms with E-state index in [2.05, 4.69) is 0 Å². The fourth-order valence-corrected chi connectivity index (χ4v) is 3.27. The second-order valence-corrected chi connectivity index (χ2v) is 7.25. The number of nitrogens with zero attached hydrogens (tertiary/aromatic N) is 1. The molecule has 0 aliphatic heterocycles. The van der Waals surface area contributed by atoms with Crippen LogP contribution in [0.5, 0.6) is 5.75 Å². The Kier molecular flexibility index (Phi) is 7.56. The van der Waals surface area contributed by atoms with Crippen LogP contribution in [0, 0.1) is 13.8 Å². The van der Waals surface area contributed by atoms with Crippen LogP contribution < -0.4 is 11.5 Å². The van der Waals surface area contributed by atoms with E-state index in [0.717, 1.165) is 22.3 Å². The maximum Gasteiger partial charge on any atom is 0.240 e. The highest BCUT2D eigenvalue weighted by Gasteiger charge is 2.28. The van der Waals surface area contributed by atoms with Crippen LogP contribution in [0.1, 0.15) is 29.2 Å².